The number of nitrogens with one attached hydrogen (secondary N) is 1. The van der Waals surface area contributed by atoms with E-state index in [0.29, 0.717) is 5.56 Å². The summed E-state index contributed by atoms with van der Waals surface area (Å²) in [5, 5.41) is 8.82. The Bertz CT molecular complexity index is 992. The van der Waals surface area contributed by atoms with Crippen molar-refractivity contribution in [3.8, 4) is 0 Å². The van der Waals surface area contributed by atoms with Crippen LogP contribution in [0.5, 0.6) is 0 Å². The minimum absolute atomic E-state index is 0.106. The van der Waals surface area contributed by atoms with Gasteiger partial charge in [-0.3, -0.25) is 9.59 Å². The molecule has 0 fully saturated rings. The monoisotopic (exact) mass is 387 g/mol. The quantitative estimate of drug-likeness (QED) is 0.562. The van der Waals surface area contributed by atoms with Gasteiger partial charge in [0, 0.05) is 5.56 Å². The summed E-state index contributed by atoms with van der Waals surface area (Å²) in [6, 6.07) is 10.0. The number of ketones is 1. The van der Waals surface area contributed by atoms with Crippen LogP contribution < -0.4 is 4.72 Å². The molecule has 2 N–H and O–H groups in total. The zero-order valence-corrected chi connectivity index (χ0v) is 16.1. The Morgan fingerprint density at radius 2 is 1.70 bits per heavy atom. The first-order valence-corrected chi connectivity index (χ1v) is 9.73. The fraction of sp³-hybridized carbons (Fsp3) is 0.200. The van der Waals surface area contributed by atoms with Crippen LogP contribution in [0.3, 0.4) is 0 Å². The largest absolute Gasteiger partial charge is 0.480 e. The van der Waals surface area contributed by atoms with Gasteiger partial charge in [-0.05, 0) is 62.2 Å². The second kappa shape index (κ2) is 8.28. The Balaban J connectivity index is 2.15. The highest BCUT2D eigenvalue weighted by Gasteiger charge is 2.21. The van der Waals surface area contributed by atoms with Gasteiger partial charge >= 0.3 is 5.97 Å². The van der Waals surface area contributed by atoms with Crippen LogP contribution in [0.1, 0.15) is 34.0 Å². The molecule has 0 radical (unpaired) electrons. The minimum atomic E-state index is -3.97. The van der Waals surface area contributed by atoms with Gasteiger partial charge in [0.2, 0.25) is 10.0 Å². The predicted molar refractivity (Wildman–Crippen MR) is 103 cm³/mol. The summed E-state index contributed by atoms with van der Waals surface area (Å²) in [5.74, 6) is -1.53. The predicted octanol–water partition coefficient (Wildman–Crippen LogP) is 2.95. The highest BCUT2D eigenvalue weighted by molar-refractivity contribution is 7.89. The van der Waals surface area contributed by atoms with Crippen LogP contribution in [0.15, 0.2) is 53.4 Å². The molecule has 27 heavy (non-hydrogen) atoms. The molecular weight excluding hydrogens is 366 g/mol. The van der Waals surface area contributed by atoms with Crippen LogP contribution in [0.25, 0.3) is 6.08 Å². The summed E-state index contributed by atoms with van der Waals surface area (Å²) < 4.78 is 26.3. The molecule has 2 rings (SSSR count). The van der Waals surface area contributed by atoms with Crippen molar-refractivity contribution in [1.29, 1.82) is 0 Å². The number of carbonyl (C=O) groups excluding carboxylic acids is 1. The average molecular weight is 387 g/mol. The van der Waals surface area contributed by atoms with Crippen LogP contribution in [0.4, 0.5) is 0 Å². The number of hydrogen-bond acceptors (Lipinski definition) is 4. The standard InChI is InChI=1S/C20H21NO5S/c1-13-4-5-16(14(2)12-13)8-11-19(22)17-6-9-18(10-7-17)27(25,26)21-15(3)20(23)24/h4-12,15,21H,1-3H3,(H,23,24)/b11-8+/t15-/m0/s1. The van der Waals surface area contributed by atoms with E-state index in [-0.39, 0.29) is 10.7 Å². The number of aliphatic carboxylic acids is 1. The van der Waals surface area contributed by atoms with Gasteiger partial charge < -0.3 is 5.11 Å². The topological polar surface area (TPSA) is 101 Å². The number of hydrogen-bond donors (Lipinski definition) is 2. The maximum Gasteiger partial charge on any atom is 0.321 e. The van der Waals surface area contributed by atoms with Crippen molar-refractivity contribution in [2.75, 3.05) is 0 Å². The molecule has 0 unspecified atom stereocenters. The van der Waals surface area contributed by atoms with Gasteiger partial charge in [-0.1, -0.05) is 29.8 Å². The molecule has 2 aromatic carbocycles. The van der Waals surface area contributed by atoms with Crippen molar-refractivity contribution in [3.05, 3.63) is 70.8 Å². The van der Waals surface area contributed by atoms with E-state index in [1.807, 2.05) is 32.0 Å². The molecule has 142 valence electrons. The van der Waals surface area contributed by atoms with Crippen molar-refractivity contribution in [3.63, 3.8) is 0 Å². The van der Waals surface area contributed by atoms with Gasteiger partial charge in [-0.2, -0.15) is 4.72 Å². The van der Waals surface area contributed by atoms with Crippen LogP contribution in [-0.4, -0.2) is 31.3 Å². The van der Waals surface area contributed by atoms with Crippen LogP contribution >= 0.6 is 0 Å². The van der Waals surface area contributed by atoms with Gasteiger partial charge in [-0.15, -0.1) is 0 Å². The number of carbonyl (C=O) groups is 2. The Morgan fingerprint density at radius 1 is 1.07 bits per heavy atom. The third kappa shape index (κ3) is 5.35. The lowest BCUT2D eigenvalue weighted by Crippen LogP contribution is -2.38. The third-order valence-corrected chi connectivity index (χ3v) is 5.55. The first-order chi connectivity index (χ1) is 12.6. The molecule has 0 bridgehead atoms. The number of aryl methyl sites for hydroxylation is 2. The molecule has 0 saturated carbocycles. The molecule has 1 atom stereocenters. The first kappa shape index (κ1) is 20.5. The van der Waals surface area contributed by atoms with E-state index in [0.717, 1.165) is 16.7 Å². The molecule has 0 spiro atoms. The number of benzene rings is 2. The summed E-state index contributed by atoms with van der Waals surface area (Å²) >= 11 is 0. The SMILES string of the molecule is Cc1ccc(/C=C/C(=O)c2ccc(S(=O)(=O)N[C@@H](C)C(=O)O)cc2)c(C)c1. The maximum atomic E-state index is 12.3. The first-order valence-electron chi connectivity index (χ1n) is 8.25. The average Bonchev–Trinajstić information content (AvgIpc) is 2.60. The molecule has 0 aliphatic heterocycles. The Kier molecular flexibility index (Phi) is 6.30. The molecule has 0 saturated heterocycles. The van der Waals surface area contributed by atoms with Crippen molar-refractivity contribution in [2.45, 2.75) is 31.7 Å². The summed E-state index contributed by atoms with van der Waals surface area (Å²) in [5.41, 5.74) is 3.46. The molecule has 0 aliphatic carbocycles. The van der Waals surface area contributed by atoms with Crippen LogP contribution in [-0.2, 0) is 14.8 Å². The smallest absolute Gasteiger partial charge is 0.321 e. The summed E-state index contributed by atoms with van der Waals surface area (Å²) in [4.78, 5) is 23.0. The molecule has 0 aliphatic rings. The fourth-order valence-electron chi connectivity index (χ4n) is 2.42. The zero-order chi connectivity index (χ0) is 20.2. The molecule has 2 aromatic rings. The minimum Gasteiger partial charge on any atom is -0.480 e. The van der Waals surface area contributed by atoms with E-state index in [9.17, 15) is 18.0 Å². The number of sulfonamides is 1. The maximum absolute atomic E-state index is 12.3. The van der Waals surface area contributed by atoms with Gasteiger partial charge in [0.15, 0.2) is 5.78 Å². The Labute approximate surface area is 158 Å². The summed E-state index contributed by atoms with van der Waals surface area (Å²) in [7, 11) is -3.97. The van der Waals surface area contributed by atoms with E-state index in [1.54, 1.807) is 6.08 Å². The second-order valence-corrected chi connectivity index (χ2v) is 7.98. The number of allylic oxidation sites excluding steroid dienone is 1. The molecule has 6 nitrogen and oxygen atoms in total. The lowest BCUT2D eigenvalue weighted by molar-refractivity contribution is -0.138. The van der Waals surface area contributed by atoms with E-state index in [4.69, 9.17) is 5.11 Å². The number of rotatable bonds is 7. The van der Waals surface area contributed by atoms with Crippen LogP contribution in [0.2, 0.25) is 0 Å². The zero-order valence-electron chi connectivity index (χ0n) is 15.3. The molecule has 0 heterocycles. The summed E-state index contributed by atoms with van der Waals surface area (Å²) in [6.07, 6.45) is 3.16. The molecule has 0 amide bonds. The molecular formula is C20H21NO5S. The van der Waals surface area contributed by atoms with Gasteiger partial charge in [0.05, 0.1) is 4.90 Å². The summed E-state index contributed by atoms with van der Waals surface area (Å²) in [6.45, 7) is 5.19. The lowest BCUT2D eigenvalue weighted by Gasteiger charge is -2.10. The highest BCUT2D eigenvalue weighted by atomic mass is 32.2. The van der Waals surface area contributed by atoms with Gasteiger partial charge in [0.25, 0.3) is 0 Å². The van der Waals surface area contributed by atoms with E-state index < -0.39 is 22.0 Å². The van der Waals surface area contributed by atoms with Crippen LogP contribution in [0, 0.1) is 13.8 Å². The van der Waals surface area contributed by atoms with E-state index in [2.05, 4.69) is 4.72 Å². The Morgan fingerprint density at radius 3 is 2.26 bits per heavy atom. The van der Waals surface area contributed by atoms with E-state index in [1.165, 1.54) is 37.3 Å². The molecule has 0 aromatic heterocycles. The van der Waals surface area contributed by atoms with Crippen molar-refractivity contribution >= 4 is 27.9 Å². The molecule has 7 heteroatoms. The third-order valence-electron chi connectivity index (χ3n) is 3.99. The fourth-order valence-corrected chi connectivity index (χ4v) is 3.62. The number of carboxylic acid groups (broad SMARTS) is 1. The van der Waals surface area contributed by atoms with Crippen molar-refractivity contribution in [2.24, 2.45) is 0 Å². The van der Waals surface area contributed by atoms with Gasteiger partial charge in [0.1, 0.15) is 6.04 Å². The van der Waals surface area contributed by atoms with Gasteiger partial charge in [-0.25, -0.2) is 8.42 Å². The normalized spacial score (nSPS) is 12.9. The highest BCUT2D eigenvalue weighted by Crippen LogP contribution is 2.15. The van der Waals surface area contributed by atoms with Crippen molar-refractivity contribution < 1.29 is 23.1 Å². The lowest BCUT2D eigenvalue weighted by atomic mass is 10.0. The van der Waals surface area contributed by atoms with E-state index >= 15 is 0 Å². The number of carboxylic acids is 1. The Hall–Kier alpha value is -2.77. The van der Waals surface area contributed by atoms with Crippen molar-refractivity contribution in [1.82, 2.24) is 4.72 Å². The second-order valence-electron chi connectivity index (χ2n) is 6.26.